The number of nitrogens with zero attached hydrogens (tertiary/aromatic N) is 1. The van der Waals surface area contributed by atoms with Crippen molar-refractivity contribution in [2.45, 2.75) is 51.9 Å². The summed E-state index contributed by atoms with van der Waals surface area (Å²) in [5.74, 6) is 0.791. The molecule has 1 aromatic carbocycles. The van der Waals surface area contributed by atoms with Gasteiger partial charge in [0, 0.05) is 15.2 Å². The molecular formula is C17H24INO2Si. The van der Waals surface area contributed by atoms with Gasteiger partial charge in [0.15, 0.2) is 14.1 Å². The van der Waals surface area contributed by atoms with Crippen LogP contribution in [0.15, 0.2) is 34.9 Å². The molecule has 0 aliphatic heterocycles. The average Bonchev–Trinajstić information content (AvgIpc) is 2.86. The van der Waals surface area contributed by atoms with Crippen LogP contribution in [0.2, 0.25) is 18.1 Å². The summed E-state index contributed by atoms with van der Waals surface area (Å²) in [4.78, 5) is 0. The van der Waals surface area contributed by atoms with Crippen LogP contribution >= 0.6 is 22.6 Å². The molecule has 0 aliphatic carbocycles. The van der Waals surface area contributed by atoms with E-state index in [2.05, 4.69) is 80.7 Å². The summed E-state index contributed by atoms with van der Waals surface area (Å²) in [5.41, 5.74) is 1.91. The SMILES string of the molecule is CC(O[Si](C)(C)C(C)(C)C)c1cc(-c2cccc(I)c2)on1. The van der Waals surface area contributed by atoms with Crippen molar-refractivity contribution < 1.29 is 8.95 Å². The molecule has 0 fully saturated rings. The highest BCUT2D eigenvalue weighted by atomic mass is 127. The Kier molecular flexibility index (Phi) is 5.19. The third-order valence-electron chi connectivity index (χ3n) is 4.33. The van der Waals surface area contributed by atoms with Crippen molar-refractivity contribution >= 4 is 30.9 Å². The van der Waals surface area contributed by atoms with Gasteiger partial charge in [-0.1, -0.05) is 38.1 Å². The number of hydrogen-bond acceptors (Lipinski definition) is 3. The largest absolute Gasteiger partial charge is 0.409 e. The van der Waals surface area contributed by atoms with E-state index in [-0.39, 0.29) is 11.1 Å². The van der Waals surface area contributed by atoms with Gasteiger partial charge in [0.1, 0.15) is 5.69 Å². The van der Waals surface area contributed by atoms with Crippen LogP contribution in [0, 0.1) is 3.57 Å². The molecule has 1 unspecified atom stereocenters. The van der Waals surface area contributed by atoms with E-state index >= 15 is 0 Å². The standard InChI is InChI=1S/C17H24INO2Si/c1-12(21-22(5,6)17(2,3)4)15-11-16(20-19-15)13-8-7-9-14(18)10-13/h7-12H,1-6H3. The lowest BCUT2D eigenvalue weighted by Gasteiger charge is -2.38. The normalized spacial score (nSPS) is 14.1. The molecule has 2 rings (SSSR count). The number of aromatic nitrogens is 1. The highest BCUT2D eigenvalue weighted by molar-refractivity contribution is 14.1. The summed E-state index contributed by atoms with van der Waals surface area (Å²) >= 11 is 2.30. The fraction of sp³-hybridized carbons (Fsp3) is 0.471. The molecular weight excluding hydrogens is 405 g/mol. The summed E-state index contributed by atoms with van der Waals surface area (Å²) in [6.45, 7) is 13.3. The quantitative estimate of drug-likeness (QED) is 0.440. The van der Waals surface area contributed by atoms with Crippen molar-refractivity contribution in [1.82, 2.24) is 5.16 Å². The van der Waals surface area contributed by atoms with Crippen LogP contribution in [-0.2, 0) is 4.43 Å². The van der Waals surface area contributed by atoms with Gasteiger partial charge in [0.2, 0.25) is 0 Å². The van der Waals surface area contributed by atoms with Gasteiger partial charge in [-0.05, 0) is 59.8 Å². The fourth-order valence-electron chi connectivity index (χ4n) is 1.94. The summed E-state index contributed by atoms with van der Waals surface area (Å²) in [7, 11) is -1.81. The lowest BCUT2D eigenvalue weighted by molar-refractivity contribution is 0.192. The molecule has 0 saturated carbocycles. The Balaban J connectivity index is 2.18. The molecule has 1 heterocycles. The first-order chi connectivity index (χ1) is 10.1. The lowest BCUT2D eigenvalue weighted by Crippen LogP contribution is -2.41. The highest BCUT2D eigenvalue weighted by Gasteiger charge is 2.39. The van der Waals surface area contributed by atoms with E-state index in [9.17, 15) is 0 Å². The van der Waals surface area contributed by atoms with Gasteiger partial charge in [0.25, 0.3) is 0 Å². The van der Waals surface area contributed by atoms with Crippen LogP contribution in [0.4, 0.5) is 0 Å². The third kappa shape index (κ3) is 4.00. The Bertz CT molecular complexity index is 646. The van der Waals surface area contributed by atoms with Crippen molar-refractivity contribution in [2.24, 2.45) is 0 Å². The Hall–Kier alpha value is -0.663. The summed E-state index contributed by atoms with van der Waals surface area (Å²) in [6, 6.07) is 10.2. The van der Waals surface area contributed by atoms with Gasteiger partial charge in [0.05, 0.1) is 6.10 Å². The monoisotopic (exact) mass is 429 g/mol. The van der Waals surface area contributed by atoms with Crippen molar-refractivity contribution in [2.75, 3.05) is 0 Å². The number of benzene rings is 1. The van der Waals surface area contributed by atoms with Crippen molar-refractivity contribution in [3.05, 3.63) is 39.6 Å². The molecule has 0 spiro atoms. The van der Waals surface area contributed by atoms with Crippen molar-refractivity contribution in [3.8, 4) is 11.3 Å². The van der Waals surface area contributed by atoms with Crippen LogP contribution in [-0.4, -0.2) is 13.5 Å². The topological polar surface area (TPSA) is 35.3 Å². The smallest absolute Gasteiger partial charge is 0.192 e. The summed E-state index contributed by atoms with van der Waals surface area (Å²) in [5, 5.41) is 4.39. The van der Waals surface area contributed by atoms with E-state index < -0.39 is 8.32 Å². The van der Waals surface area contributed by atoms with Crippen LogP contribution in [0.3, 0.4) is 0 Å². The van der Waals surface area contributed by atoms with Crippen LogP contribution in [0.1, 0.15) is 39.5 Å². The van der Waals surface area contributed by atoms with Crippen LogP contribution < -0.4 is 0 Å². The molecule has 1 aromatic heterocycles. The second kappa shape index (κ2) is 6.45. The first-order valence-electron chi connectivity index (χ1n) is 7.50. The minimum absolute atomic E-state index is 0.0545. The molecule has 5 heteroatoms. The van der Waals surface area contributed by atoms with Crippen LogP contribution in [0.25, 0.3) is 11.3 Å². The molecule has 120 valence electrons. The van der Waals surface area contributed by atoms with Gasteiger partial charge in [-0.3, -0.25) is 0 Å². The van der Waals surface area contributed by atoms with Gasteiger partial charge in [-0.15, -0.1) is 0 Å². The minimum atomic E-state index is -1.81. The highest BCUT2D eigenvalue weighted by Crippen LogP contribution is 2.39. The van der Waals surface area contributed by atoms with Crippen molar-refractivity contribution in [3.63, 3.8) is 0 Å². The molecule has 0 aliphatic rings. The Morgan fingerprint density at radius 1 is 1.23 bits per heavy atom. The van der Waals surface area contributed by atoms with Gasteiger partial charge in [-0.2, -0.15) is 0 Å². The van der Waals surface area contributed by atoms with Gasteiger partial charge >= 0.3 is 0 Å². The second-order valence-corrected chi connectivity index (χ2v) is 13.1. The zero-order valence-electron chi connectivity index (χ0n) is 14.1. The lowest BCUT2D eigenvalue weighted by atomic mass is 10.1. The molecule has 0 N–H and O–H groups in total. The van der Waals surface area contributed by atoms with Crippen molar-refractivity contribution in [1.29, 1.82) is 0 Å². The van der Waals surface area contributed by atoms with E-state index in [4.69, 9.17) is 8.95 Å². The zero-order chi connectivity index (χ0) is 16.5. The zero-order valence-corrected chi connectivity index (χ0v) is 17.3. The van der Waals surface area contributed by atoms with Crippen LogP contribution in [0.5, 0.6) is 0 Å². The van der Waals surface area contributed by atoms with E-state index in [0.29, 0.717) is 0 Å². The fourth-order valence-corrected chi connectivity index (χ4v) is 3.84. The third-order valence-corrected chi connectivity index (χ3v) is 9.56. The molecule has 0 radical (unpaired) electrons. The first kappa shape index (κ1) is 17.7. The number of halogens is 1. The van der Waals surface area contributed by atoms with E-state index in [0.717, 1.165) is 17.0 Å². The average molecular weight is 429 g/mol. The number of hydrogen-bond donors (Lipinski definition) is 0. The minimum Gasteiger partial charge on any atom is -0.409 e. The molecule has 22 heavy (non-hydrogen) atoms. The molecule has 3 nitrogen and oxygen atoms in total. The van der Waals surface area contributed by atoms with Gasteiger partial charge in [-0.25, -0.2) is 0 Å². The maximum atomic E-state index is 6.38. The van der Waals surface area contributed by atoms with E-state index in [1.165, 1.54) is 3.57 Å². The molecule has 0 bridgehead atoms. The summed E-state index contributed by atoms with van der Waals surface area (Å²) < 4.78 is 13.1. The van der Waals surface area contributed by atoms with E-state index in [1.807, 2.05) is 18.2 Å². The molecule has 0 saturated heterocycles. The molecule has 2 aromatic rings. The molecule has 0 amide bonds. The Morgan fingerprint density at radius 2 is 1.91 bits per heavy atom. The predicted octanol–water partition coefficient (Wildman–Crippen LogP) is 6.03. The molecule has 1 atom stereocenters. The maximum absolute atomic E-state index is 6.38. The maximum Gasteiger partial charge on any atom is 0.192 e. The summed E-state index contributed by atoms with van der Waals surface area (Å²) in [6.07, 6.45) is -0.0545. The Morgan fingerprint density at radius 3 is 2.50 bits per heavy atom. The predicted molar refractivity (Wildman–Crippen MR) is 101 cm³/mol. The first-order valence-corrected chi connectivity index (χ1v) is 11.5. The van der Waals surface area contributed by atoms with Gasteiger partial charge < -0.3 is 8.95 Å². The van der Waals surface area contributed by atoms with E-state index in [1.54, 1.807) is 0 Å². The Labute approximate surface area is 147 Å². The number of rotatable bonds is 4. The second-order valence-electron chi connectivity index (χ2n) is 7.15.